The van der Waals surface area contributed by atoms with Gasteiger partial charge in [-0.3, -0.25) is 9.63 Å². The van der Waals surface area contributed by atoms with Gasteiger partial charge in [0.1, 0.15) is 11.5 Å². The van der Waals surface area contributed by atoms with Gasteiger partial charge in [-0.05, 0) is 52.0 Å². The number of nitrogens with one attached hydrogen (secondary N) is 1. The highest BCUT2D eigenvalue weighted by Crippen LogP contribution is 2.18. The maximum atomic E-state index is 11.7. The fraction of sp³-hybridized carbons (Fsp3) is 0.500. The molecule has 1 atom stereocenters. The molecule has 1 aromatic rings. The second-order valence-electron chi connectivity index (χ2n) is 5.12. The molecule has 0 aliphatic rings. The summed E-state index contributed by atoms with van der Waals surface area (Å²) in [5.41, 5.74) is 1.94. The van der Waals surface area contributed by atoms with Gasteiger partial charge in [0.15, 0.2) is 6.10 Å². The van der Waals surface area contributed by atoms with E-state index in [0.717, 1.165) is 5.75 Å². The molecule has 0 bridgehead atoms. The van der Waals surface area contributed by atoms with Crippen LogP contribution in [0.4, 0.5) is 0 Å². The molecule has 106 valence electrons. The van der Waals surface area contributed by atoms with Gasteiger partial charge in [-0.25, -0.2) is 5.48 Å². The van der Waals surface area contributed by atoms with Gasteiger partial charge in [-0.15, -0.1) is 0 Å². The summed E-state index contributed by atoms with van der Waals surface area (Å²) < 4.78 is 10.5. The van der Waals surface area contributed by atoms with Crippen molar-refractivity contribution in [1.29, 1.82) is 0 Å². The third-order valence-electron chi connectivity index (χ3n) is 2.20. The zero-order chi connectivity index (χ0) is 14.5. The van der Waals surface area contributed by atoms with Crippen LogP contribution in [0.5, 0.6) is 11.5 Å². The zero-order valence-corrected chi connectivity index (χ0v) is 12.0. The van der Waals surface area contributed by atoms with E-state index in [0.29, 0.717) is 5.75 Å². The Hall–Kier alpha value is -1.75. The summed E-state index contributed by atoms with van der Waals surface area (Å²) >= 11 is 0. The molecule has 0 aliphatic carbocycles. The van der Waals surface area contributed by atoms with E-state index in [2.05, 4.69) is 5.48 Å². The van der Waals surface area contributed by atoms with Gasteiger partial charge in [-0.1, -0.05) is 0 Å². The minimum atomic E-state index is -0.643. The van der Waals surface area contributed by atoms with E-state index >= 15 is 0 Å². The van der Waals surface area contributed by atoms with Crippen LogP contribution in [0.25, 0.3) is 0 Å². The number of carbonyl (C=O) groups excluding carboxylic acids is 1. The van der Waals surface area contributed by atoms with Crippen LogP contribution in [-0.4, -0.2) is 24.7 Å². The lowest BCUT2D eigenvalue weighted by molar-refractivity contribution is -0.151. The first-order valence-electron chi connectivity index (χ1n) is 6.10. The summed E-state index contributed by atoms with van der Waals surface area (Å²) in [5, 5.41) is 0. The quantitative estimate of drug-likeness (QED) is 0.832. The van der Waals surface area contributed by atoms with Gasteiger partial charge < -0.3 is 9.47 Å². The topological polar surface area (TPSA) is 56.8 Å². The number of hydroxylamine groups is 1. The normalized spacial score (nSPS) is 12.7. The van der Waals surface area contributed by atoms with Crippen molar-refractivity contribution in [2.24, 2.45) is 0 Å². The van der Waals surface area contributed by atoms with Crippen molar-refractivity contribution in [2.75, 3.05) is 7.11 Å². The lowest BCUT2D eigenvalue weighted by Crippen LogP contribution is -2.40. The van der Waals surface area contributed by atoms with Crippen LogP contribution in [0.2, 0.25) is 0 Å². The van der Waals surface area contributed by atoms with E-state index in [4.69, 9.17) is 14.3 Å². The second kappa shape index (κ2) is 6.43. The third-order valence-corrected chi connectivity index (χ3v) is 2.20. The van der Waals surface area contributed by atoms with Crippen LogP contribution >= 0.6 is 0 Å². The fourth-order valence-electron chi connectivity index (χ4n) is 1.20. The van der Waals surface area contributed by atoms with Crippen molar-refractivity contribution in [3.05, 3.63) is 24.3 Å². The van der Waals surface area contributed by atoms with Crippen LogP contribution in [-0.2, 0) is 9.63 Å². The van der Waals surface area contributed by atoms with Crippen LogP contribution in [0.1, 0.15) is 27.7 Å². The van der Waals surface area contributed by atoms with E-state index in [1.807, 2.05) is 20.8 Å². The lowest BCUT2D eigenvalue weighted by Gasteiger charge is -2.21. The number of hydrogen-bond donors (Lipinski definition) is 1. The summed E-state index contributed by atoms with van der Waals surface area (Å²) in [4.78, 5) is 16.9. The van der Waals surface area contributed by atoms with Crippen LogP contribution in [0.15, 0.2) is 24.3 Å². The molecule has 0 spiro atoms. The van der Waals surface area contributed by atoms with Gasteiger partial charge >= 0.3 is 0 Å². The lowest BCUT2D eigenvalue weighted by atomic mass is 10.2. The summed E-state index contributed by atoms with van der Waals surface area (Å²) in [6, 6.07) is 7.03. The van der Waals surface area contributed by atoms with Crippen LogP contribution in [0, 0.1) is 0 Å². The predicted octanol–water partition coefficient (Wildman–Crippen LogP) is 2.31. The van der Waals surface area contributed by atoms with Crippen molar-refractivity contribution in [3.63, 3.8) is 0 Å². The average Bonchev–Trinajstić information content (AvgIpc) is 2.36. The molecule has 0 aliphatic heterocycles. The molecule has 1 amide bonds. The first-order chi connectivity index (χ1) is 8.81. The molecule has 1 N–H and O–H groups in total. The van der Waals surface area contributed by atoms with Gasteiger partial charge in [0.25, 0.3) is 5.91 Å². The molecule has 0 heterocycles. The highest BCUT2D eigenvalue weighted by atomic mass is 16.7. The fourth-order valence-corrected chi connectivity index (χ4v) is 1.20. The SMILES string of the molecule is COc1ccc(OC(C)C(=O)NOC(C)(C)C)cc1. The average molecular weight is 267 g/mol. The van der Waals surface area contributed by atoms with Gasteiger partial charge in [-0.2, -0.15) is 0 Å². The van der Waals surface area contributed by atoms with Gasteiger partial charge in [0.2, 0.25) is 0 Å². The number of rotatable bonds is 5. The molecule has 5 heteroatoms. The molecule has 1 aromatic carbocycles. The second-order valence-corrected chi connectivity index (χ2v) is 5.12. The zero-order valence-electron chi connectivity index (χ0n) is 12.0. The van der Waals surface area contributed by atoms with Crippen molar-refractivity contribution in [2.45, 2.75) is 39.4 Å². The molecule has 0 saturated heterocycles. The molecule has 19 heavy (non-hydrogen) atoms. The Bertz CT molecular complexity index is 408. The molecule has 1 unspecified atom stereocenters. The summed E-state index contributed by atoms with van der Waals surface area (Å²) in [6.45, 7) is 7.21. The maximum absolute atomic E-state index is 11.7. The minimum Gasteiger partial charge on any atom is -0.497 e. The van der Waals surface area contributed by atoms with Crippen molar-refractivity contribution < 1.29 is 19.1 Å². The Morgan fingerprint density at radius 1 is 1.16 bits per heavy atom. The van der Waals surface area contributed by atoms with E-state index in [1.54, 1.807) is 38.3 Å². The third kappa shape index (κ3) is 5.61. The first kappa shape index (κ1) is 15.3. The number of amides is 1. The van der Waals surface area contributed by atoms with Gasteiger partial charge in [0.05, 0.1) is 12.7 Å². The van der Waals surface area contributed by atoms with E-state index in [1.165, 1.54) is 0 Å². The van der Waals surface area contributed by atoms with Crippen molar-refractivity contribution >= 4 is 5.91 Å². The molecular weight excluding hydrogens is 246 g/mol. The first-order valence-corrected chi connectivity index (χ1v) is 6.10. The molecule has 0 saturated carbocycles. The molecular formula is C14H21NO4. The number of benzene rings is 1. The Balaban J connectivity index is 2.49. The smallest absolute Gasteiger partial charge is 0.284 e. The summed E-state index contributed by atoms with van der Waals surface area (Å²) in [5.74, 6) is 1.01. The molecule has 1 rings (SSSR count). The maximum Gasteiger partial charge on any atom is 0.284 e. The van der Waals surface area contributed by atoms with Crippen molar-refractivity contribution in [3.8, 4) is 11.5 Å². The van der Waals surface area contributed by atoms with Gasteiger partial charge in [0, 0.05) is 0 Å². The molecule has 0 aromatic heterocycles. The predicted molar refractivity (Wildman–Crippen MR) is 72.1 cm³/mol. The summed E-state index contributed by atoms with van der Waals surface area (Å²) in [7, 11) is 1.59. The van der Waals surface area contributed by atoms with Crippen LogP contribution in [0.3, 0.4) is 0 Å². The molecule has 0 fully saturated rings. The number of carbonyl (C=O) groups is 1. The standard InChI is InChI=1S/C14H21NO4/c1-10(13(16)15-19-14(2,3)4)18-12-8-6-11(17-5)7-9-12/h6-10H,1-5H3,(H,15,16). The number of methoxy groups -OCH3 is 1. The van der Waals surface area contributed by atoms with E-state index < -0.39 is 11.7 Å². The number of hydrogen-bond acceptors (Lipinski definition) is 4. The summed E-state index contributed by atoms with van der Waals surface area (Å²) in [6.07, 6.45) is -0.643. The van der Waals surface area contributed by atoms with E-state index in [9.17, 15) is 4.79 Å². The largest absolute Gasteiger partial charge is 0.497 e. The number of ether oxygens (including phenoxy) is 2. The Kier molecular flexibility index (Phi) is 5.18. The highest BCUT2D eigenvalue weighted by Gasteiger charge is 2.18. The Morgan fingerprint density at radius 2 is 1.68 bits per heavy atom. The van der Waals surface area contributed by atoms with Crippen molar-refractivity contribution in [1.82, 2.24) is 5.48 Å². The monoisotopic (exact) mass is 267 g/mol. The Labute approximate surface area is 113 Å². The Morgan fingerprint density at radius 3 is 2.16 bits per heavy atom. The highest BCUT2D eigenvalue weighted by molar-refractivity contribution is 5.79. The minimum absolute atomic E-state index is 0.328. The molecule has 5 nitrogen and oxygen atoms in total. The molecule has 0 radical (unpaired) electrons. The van der Waals surface area contributed by atoms with E-state index in [-0.39, 0.29) is 5.91 Å². The van der Waals surface area contributed by atoms with Crippen LogP contribution < -0.4 is 15.0 Å².